The fraction of sp³-hybridized carbons (Fsp3) is 0.600. The first-order valence-corrected chi connectivity index (χ1v) is 10.1. The number of nitrogens with one attached hydrogen (secondary N) is 1. The largest absolute Gasteiger partial charge is 0.497 e. The van der Waals surface area contributed by atoms with Gasteiger partial charge in [0.2, 0.25) is 0 Å². The smallest absolute Gasteiger partial charge is 0.327 e. The van der Waals surface area contributed by atoms with Crippen LogP contribution in [0.15, 0.2) is 18.2 Å². The van der Waals surface area contributed by atoms with E-state index in [4.69, 9.17) is 14.2 Å². The summed E-state index contributed by atoms with van der Waals surface area (Å²) in [6.07, 6.45) is 0.274. The van der Waals surface area contributed by atoms with E-state index in [1.54, 1.807) is 33.3 Å². The number of fused-ring (bicyclic) bond motifs is 3. The number of anilines is 1. The molecule has 4 rings (SSSR count). The molecule has 1 aromatic carbocycles. The van der Waals surface area contributed by atoms with Gasteiger partial charge in [0.15, 0.2) is 0 Å². The van der Waals surface area contributed by atoms with E-state index in [1.807, 2.05) is 18.2 Å². The number of urea groups is 1. The highest BCUT2D eigenvalue weighted by Crippen LogP contribution is 2.38. The van der Waals surface area contributed by atoms with Crippen molar-refractivity contribution in [3.63, 3.8) is 0 Å². The van der Waals surface area contributed by atoms with Gasteiger partial charge in [-0.2, -0.15) is 0 Å². The molecular formula is C20H29N5O5. The van der Waals surface area contributed by atoms with Crippen LogP contribution < -0.4 is 19.7 Å². The molecule has 0 bridgehead atoms. The molecule has 3 fully saturated rings. The van der Waals surface area contributed by atoms with E-state index in [0.29, 0.717) is 18.1 Å². The van der Waals surface area contributed by atoms with Crippen LogP contribution in [0.1, 0.15) is 6.42 Å². The summed E-state index contributed by atoms with van der Waals surface area (Å²) in [4.78, 5) is 33.3. The maximum absolute atomic E-state index is 13.3. The summed E-state index contributed by atoms with van der Waals surface area (Å²) in [6.45, 7) is 2.13. The highest BCUT2D eigenvalue weighted by atomic mass is 16.5. The van der Waals surface area contributed by atoms with E-state index in [9.17, 15) is 9.59 Å². The molecule has 3 aliphatic heterocycles. The number of hydrogen-bond donors (Lipinski definition) is 1. The van der Waals surface area contributed by atoms with Gasteiger partial charge in [0.1, 0.15) is 30.0 Å². The summed E-state index contributed by atoms with van der Waals surface area (Å²) < 4.78 is 16.0. The van der Waals surface area contributed by atoms with Crippen LogP contribution in [0, 0.1) is 0 Å². The van der Waals surface area contributed by atoms with Gasteiger partial charge in [0.05, 0.1) is 33.1 Å². The predicted octanol–water partition coefficient (Wildman–Crippen LogP) is 0.338. The van der Waals surface area contributed by atoms with Gasteiger partial charge in [-0.3, -0.25) is 19.9 Å². The topological polar surface area (TPSA) is 86.8 Å². The molecule has 1 aromatic rings. The first-order valence-electron chi connectivity index (χ1n) is 10.1. The molecule has 3 saturated heterocycles. The normalized spacial score (nSPS) is 26.7. The molecule has 3 heterocycles. The van der Waals surface area contributed by atoms with E-state index in [1.165, 1.54) is 4.90 Å². The van der Waals surface area contributed by atoms with Crippen LogP contribution in [-0.4, -0.2) is 99.8 Å². The molecule has 3 amide bonds. The van der Waals surface area contributed by atoms with Crippen molar-refractivity contribution in [3.8, 4) is 11.5 Å². The van der Waals surface area contributed by atoms with Crippen molar-refractivity contribution in [2.24, 2.45) is 0 Å². The van der Waals surface area contributed by atoms with Gasteiger partial charge in [-0.05, 0) is 18.6 Å². The second-order valence-electron chi connectivity index (χ2n) is 7.63. The summed E-state index contributed by atoms with van der Waals surface area (Å²) >= 11 is 0. The summed E-state index contributed by atoms with van der Waals surface area (Å²) in [5.74, 6) is 1.23. The second kappa shape index (κ2) is 8.29. The second-order valence-corrected chi connectivity index (χ2v) is 7.63. The Hall–Kier alpha value is -2.56. The number of imide groups is 1. The van der Waals surface area contributed by atoms with Crippen molar-refractivity contribution < 1.29 is 23.8 Å². The molecule has 3 unspecified atom stereocenters. The van der Waals surface area contributed by atoms with Crippen molar-refractivity contribution >= 4 is 17.6 Å². The number of benzene rings is 1. The molecular weight excluding hydrogens is 390 g/mol. The molecule has 0 saturated carbocycles. The van der Waals surface area contributed by atoms with E-state index < -0.39 is 12.2 Å². The van der Waals surface area contributed by atoms with E-state index >= 15 is 0 Å². The number of carbonyl (C=O) groups excluding carboxylic acids is 2. The zero-order valence-corrected chi connectivity index (χ0v) is 17.8. The summed E-state index contributed by atoms with van der Waals surface area (Å²) in [6, 6.07) is 4.96. The SMILES string of the molecule is COCCN1C(=O)C2C(NC3N(c4ccc(OC)cc4OC)CCCN23)N(C)C1=O. The van der Waals surface area contributed by atoms with Crippen LogP contribution >= 0.6 is 0 Å². The summed E-state index contributed by atoms with van der Waals surface area (Å²) in [7, 11) is 6.54. The lowest BCUT2D eigenvalue weighted by Crippen LogP contribution is -2.66. The molecule has 1 N–H and O–H groups in total. The highest BCUT2D eigenvalue weighted by Gasteiger charge is 2.56. The summed E-state index contributed by atoms with van der Waals surface area (Å²) in [5.41, 5.74) is 0.914. The Labute approximate surface area is 176 Å². The Balaban J connectivity index is 1.64. The molecule has 0 spiro atoms. The Kier molecular flexibility index (Phi) is 5.72. The lowest BCUT2D eigenvalue weighted by atomic mass is 10.1. The highest BCUT2D eigenvalue weighted by molar-refractivity contribution is 6.00. The molecule has 0 aliphatic carbocycles. The predicted molar refractivity (Wildman–Crippen MR) is 109 cm³/mol. The number of hydrogen-bond acceptors (Lipinski definition) is 8. The quantitative estimate of drug-likeness (QED) is 0.707. The molecule has 10 heteroatoms. The third-order valence-corrected chi connectivity index (χ3v) is 6.09. The Morgan fingerprint density at radius 2 is 1.93 bits per heavy atom. The Bertz CT molecular complexity index is 821. The van der Waals surface area contributed by atoms with Gasteiger partial charge >= 0.3 is 6.03 Å². The molecule has 10 nitrogen and oxygen atoms in total. The molecule has 3 aliphatic rings. The van der Waals surface area contributed by atoms with E-state index in [2.05, 4.69) is 15.1 Å². The monoisotopic (exact) mass is 419 g/mol. The van der Waals surface area contributed by atoms with E-state index in [-0.39, 0.29) is 24.8 Å². The van der Waals surface area contributed by atoms with Gasteiger partial charge in [-0.25, -0.2) is 4.79 Å². The zero-order valence-electron chi connectivity index (χ0n) is 17.8. The first kappa shape index (κ1) is 20.7. The van der Waals surface area contributed by atoms with Crippen LogP contribution in [0.4, 0.5) is 10.5 Å². The Morgan fingerprint density at radius 1 is 1.13 bits per heavy atom. The minimum Gasteiger partial charge on any atom is -0.497 e. The fourth-order valence-corrected chi connectivity index (χ4v) is 4.58. The number of likely N-dealkylation sites (N-methyl/N-ethyl adjacent to an activating group) is 1. The molecule has 0 aromatic heterocycles. The fourth-order valence-electron chi connectivity index (χ4n) is 4.58. The number of amides is 3. The standard InChI is InChI=1S/C20H29N5O5/c1-22-17-16(18(26)25(20(22)27)10-11-28-2)24-9-5-8-23(19(24)21-17)14-7-6-13(29-3)12-15(14)30-4/h6-7,12,16-17,19,21H,5,8-11H2,1-4H3. The molecule has 3 atom stereocenters. The van der Waals surface area contributed by atoms with Gasteiger partial charge in [-0.15, -0.1) is 0 Å². The average molecular weight is 419 g/mol. The van der Waals surface area contributed by atoms with Crippen molar-refractivity contribution in [2.75, 3.05) is 59.5 Å². The first-order chi connectivity index (χ1) is 14.5. The van der Waals surface area contributed by atoms with Crippen LogP contribution in [0.2, 0.25) is 0 Å². The van der Waals surface area contributed by atoms with Crippen LogP contribution in [0.25, 0.3) is 0 Å². The van der Waals surface area contributed by atoms with Gasteiger partial charge < -0.3 is 24.0 Å². The average Bonchev–Trinajstić information content (AvgIpc) is 3.17. The van der Waals surface area contributed by atoms with Crippen LogP contribution in [0.3, 0.4) is 0 Å². The summed E-state index contributed by atoms with van der Waals surface area (Å²) in [5, 5.41) is 3.50. The van der Waals surface area contributed by atoms with Gasteiger partial charge in [-0.1, -0.05) is 0 Å². The number of nitrogens with zero attached hydrogens (tertiary/aromatic N) is 4. The Morgan fingerprint density at radius 3 is 2.63 bits per heavy atom. The number of carbonyl (C=O) groups is 2. The molecule has 0 radical (unpaired) electrons. The number of rotatable bonds is 6. The van der Waals surface area contributed by atoms with Gasteiger partial charge in [0, 0.05) is 33.3 Å². The lowest BCUT2D eigenvalue weighted by molar-refractivity contribution is -0.139. The van der Waals surface area contributed by atoms with Crippen molar-refractivity contribution in [2.45, 2.75) is 24.9 Å². The number of methoxy groups -OCH3 is 3. The van der Waals surface area contributed by atoms with Crippen molar-refractivity contribution in [3.05, 3.63) is 18.2 Å². The van der Waals surface area contributed by atoms with Crippen molar-refractivity contribution in [1.82, 2.24) is 20.0 Å². The van der Waals surface area contributed by atoms with E-state index in [0.717, 1.165) is 25.2 Å². The van der Waals surface area contributed by atoms with Gasteiger partial charge in [0.25, 0.3) is 5.91 Å². The lowest BCUT2D eigenvalue weighted by Gasteiger charge is -2.44. The van der Waals surface area contributed by atoms with Crippen LogP contribution in [0.5, 0.6) is 11.5 Å². The zero-order chi connectivity index (χ0) is 21.4. The third kappa shape index (κ3) is 3.24. The maximum Gasteiger partial charge on any atom is 0.327 e. The minimum atomic E-state index is -0.443. The maximum atomic E-state index is 13.3. The minimum absolute atomic E-state index is 0.182. The number of ether oxygens (including phenoxy) is 3. The molecule has 164 valence electrons. The van der Waals surface area contributed by atoms with Crippen molar-refractivity contribution in [1.29, 1.82) is 0 Å². The van der Waals surface area contributed by atoms with Crippen LogP contribution in [-0.2, 0) is 9.53 Å². The molecule has 30 heavy (non-hydrogen) atoms. The third-order valence-electron chi connectivity index (χ3n) is 6.09.